The number of thiazole rings is 1. The molecule has 0 aromatic carbocycles. The quantitative estimate of drug-likeness (QED) is 0.611. The maximum atomic E-state index is 11.7. The van der Waals surface area contributed by atoms with Gasteiger partial charge in [-0.3, -0.25) is 9.59 Å². The van der Waals surface area contributed by atoms with Crippen LogP contribution in [0.2, 0.25) is 0 Å². The first-order valence-electron chi connectivity index (χ1n) is 5.11. The van der Waals surface area contributed by atoms with Gasteiger partial charge in [0.2, 0.25) is 5.91 Å². The highest BCUT2D eigenvalue weighted by Crippen LogP contribution is 2.15. The van der Waals surface area contributed by atoms with Gasteiger partial charge in [-0.25, -0.2) is 13.8 Å². The largest absolute Gasteiger partial charge is 0.375 e. The Bertz CT molecular complexity index is 423. The van der Waals surface area contributed by atoms with E-state index in [4.69, 9.17) is 0 Å². The number of amides is 1. The number of Topliss-reactive ketones (excluding diaryl/α,β-unsaturated/α-hetero) is 1. The van der Waals surface area contributed by atoms with Crippen molar-refractivity contribution in [2.45, 2.75) is 19.8 Å². The lowest BCUT2D eigenvalue weighted by atomic mass is 10.4. The lowest BCUT2D eigenvalue weighted by molar-refractivity contribution is -0.117. The third-order valence-corrected chi connectivity index (χ3v) is 2.59. The average molecular weight is 278 g/mol. The molecule has 0 fully saturated rings. The molecule has 0 unspecified atom stereocenters. The van der Waals surface area contributed by atoms with Gasteiger partial charge < -0.3 is 10.1 Å². The van der Waals surface area contributed by atoms with Crippen LogP contribution < -0.4 is 5.32 Å². The predicted octanol–water partition coefficient (Wildman–Crippen LogP) is 1.96. The van der Waals surface area contributed by atoms with Crippen LogP contribution in [0.25, 0.3) is 0 Å². The molecule has 0 bridgehead atoms. The van der Waals surface area contributed by atoms with Gasteiger partial charge in [0.1, 0.15) is 12.3 Å². The van der Waals surface area contributed by atoms with Gasteiger partial charge in [0.05, 0.1) is 13.0 Å². The molecule has 1 aromatic rings. The number of rotatable bonds is 7. The molecule has 0 aliphatic carbocycles. The van der Waals surface area contributed by atoms with Crippen LogP contribution in [0.15, 0.2) is 5.38 Å². The Hall–Kier alpha value is -1.41. The van der Waals surface area contributed by atoms with E-state index in [9.17, 15) is 18.4 Å². The molecule has 8 heteroatoms. The summed E-state index contributed by atoms with van der Waals surface area (Å²) in [4.78, 5) is 26.2. The first kappa shape index (κ1) is 14.7. The third kappa shape index (κ3) is 5.28. The number of carbonyl (C=O) groups is 2. The van der Waals surface area contributed by atoms with E-state index in [0.717, 1.165) is 11.3 Å². The van der Waals surface area contributed by atoms with Gasteiger partial charge in [-0.05, 0) is 0 Å². The smallest absolute Gasteiger partial charge is 0.261 e. The zero-order valence-corrected chi connectivity index (χ0v) is 10.4. The summed E-state index contributed by atoms with van der Waals surface area (Å²) in [5.41, 5.74) is 0.282. The minimum absolute atomic E-state index is 0.0400. The molecule has 0 saturated carbocycles. The molecule has 100 valence electrons. The first-order valence-corrected chi connectivity index (χ1v) is 5.99. The lowest BCUT2D eigenvalue weighted by Crippen LogP contribution is -2.15. The molecule has 0 radical (unpaired) electrons. The maximum Gasteiger partial charge on any atom is 0.261 e. The fourth-order valence-electron chi connectivity index (χ4n) is 1.01. The van der Waals surface area contributed by atoms with Gasteiger partial charge in [-0.2, -0.15) is 0 Å². The molecule has 0 atom stereocenters. The Labute approximate surface area is 106 Å². The molecule has 0 saturated heterocycles. The van der Waals surface area contributed by atoms with Gasteiger partial charge in [0.15, 0.2) is 10.9 Å². The zero-order chi connectivity index (χ0) is 13.5. The van der Waals surface area contributed by atoms with Gasteiger partial charge in [0.25, 0.3) is 6.43 Å². The van der Waals surface area contributed by atoms with Crippen LogP contribution in [0, 0.1) is 0 Å². The van der Waals surface area contributed by atoms with Crippen molar-refractivity contribution in [3.63, 3.8) is 0 Å². The third-order valence-electron chi connectivity index (χ3n) is 1.83. The lowest BCUT2D eigenvalue weighted by Gasteiger charge is -2.03. The number of carbonyl (C=O) groups excluding carboxylic acids is 2. The highest BCUT2D eigenvalue weighted by molar-refractivity contribution is 7.14. The molecule has 1 N–H and O–H groups in total. The summed E-state index contributed by atoms with van der Waals surface area (Å²) in [6, 6.07) is 0. The van der Waals surface area contributed by atoms with E-state index >= 15 is 0 Å². The SMILES string of the molecule is CC(=O)c1csc(NC(=O)CCOCC(F)F)n1. The predicted molar refractivity (Wildman–Crippen MR) is 62.2 cm³/mol. The number of anilines is 1. The molecule has 0 spiro atoms. The van der Waals surface area contributed by atoms with Crippen molar-refractivity contribution in [3.05, 3.63) is 11.1 Å². The van der Waals surface area contributed by atoms with E-state index < -0.39 is 18.9 Å². The van der Waals surface area contributed by atoms with Gasteiger partial charge in [-0.1, -0.05) is 0 Å². The Morgan fingerprint density at radius 3 is 2.83 bits per heavy atom. The summed E-state index contributed by atoms with van der Waals surface area (Å²) in [6.45, 7) is 0.610. The standard InChI is InChI=1S/C10H12F2N2O3S/c1-6(15)7-5-18-10(13-7)14-9(16)2-3-17-4-8(11)12/h5,8H,2-4H2,1H3,(H,13,14,16). The molecule has 18 heavy (non-hydrogen) atoms. The Balaban J connectivity index is 2.29. The van der Waals surface area contributed by atoms with E-state index in [1.807, 2.05) is 0 Å². The number of nitrogens with zero attached hydrogens (tertiary/aromatic N) is 1. The van der Waals surface area contributed by atoms with Crippen molar-refractivity contribution in [2.24, 2.45) is 0 Å². The number of hydrogen-bond acceptors (Lipinski definition) is 5. The summed E-state index contributed by atoms with van der Waals surface area (Å²) >= 11 is 1.13. The van der Waals surface area contributed by atoms with Crippen LogP contribution in [0.1, 0.15) is 23.8 Å². The summed E-state index contributed by atoms with van der Waals surface area (Å²) in [5, 5.41) is 4.29. The van der Waals surface area contributed by atoms with Crippen LogP contribution >= 0.6 is 11.3 Å². The molecule has 5 nitrogen and oxygen atoms in total. The second kappa shape index (κ2) is 7.12. The first-order chi connectivity index (χ1) is 8.49. The molecule has 0 aliphatic heterocycles. The molecule has 1 aromatic heterocycles. The monoisotopic (exact) mass is 278 g/mol. The van der Waals surface area contributed by atoms with Crippen molar-refractivity contribution in [1.29, 1.82) is 0 Å². The van der Waals surface area contributed by atoms with Crippen LogP contribution in [0.5, 0.6) is 0 Å². The van der Waals surface area contributed by atoms with E-state index in [-0.39, 0.29) is 24.5 Å². The van der Waals surface area contributed by atoms with Crippen molar-refractivity contribution in [2.75, 3.05) is 18.5 Å². The number of nitrogens with one attached hydrogen (secondary N) is 1. The van der Waals surface area contributed by atoms with Crippen molar-refractivity contribution in [3.8, 4) is 0 Å². The van der Waals surface area contributed by atoms with Crippen LogP contribution in [-0.2, 0) is 9.53 Å². The molecule has 1 rings (SSSR count). The zero-order valence-electron chi connectivity index (χ0n) is 9.61. The topological polar surface area (TPSA) is 68.3 Å². The number of ketones is 1. The minimum Gasteiger partial charge on any atom is -0.375 e. The Morgan fingerprint density at radius 1 is 1.56 bits per heavy atom. The number of hydrogen-bond donors (Lipinski definition) is 1. The minimum atomic E-state index is -2.54. The van der Waals surface area contributed by atoms with Crippen LogP contribution in [-0.4, -0.2) is 36.3 Å². The number of halogens is 2. The average Bonchev–Trinajstić information content (AvgIpc) is 2.72. The summed E-state index contributed by atoms with van der Waals surface area (Å²) in [5.74, 6) is -0.583. The van der Waals surface area contributed by atoms with Crippen molar-refractivity contribution < 1.29 is 23.1 Å². The number of ether oxygens (including phenoxy) is 1. The molecule has 1 heterocycles. The fourth-order valence-corrected chi connectivity index (χ4v) is 1.78. The normalized spacial score (nSPS) is 10.7. The molecule has 1 amide bonds. The van der Waals surface area contributed by atoms with Gasteiger partial charge >= 0.3 is 0 Å². The van der Waals surface area contributed by atoms with E-state index in [1.165, 1.54) is 12.3 Å². The van der Waals surface area contributed by atoms with Crippen LogP contribution in [0.3, 0.4) is 0 Å². The molecular formula is C10H12F2N2O3S. The van der Waals surface area contributed by atoms with Gasteiger partial charge in [-0.15, -0.1) is 11.3 Å². The summed E-state index contributed by atoms with van der Waals surface area (Å²) < 4.78 is 28.0. The van der Waals surface area contributed by atoms with Crippen molar-refractivity contribution >= 4 is 28.2 Å². The Kier molecular flexibility index (Phi) is 5.79. The number of alkyl halides is 2. The summed E-state index contributed by atoms with van der Waals surface area (Å²) in [6.07, 6.45) is -2.58. The fraction of sp³-hybridized carbons (Fsp3) is 0.500. The highest BCUT2D eigenvalue weighted by atomic mass is 32.1. The second-order valence-electron chi connectivity index (χ2n) is 3.36. The van der Waals surface area contributed by atoms with Crippen LogP contribution in [0.4, 0.5) is 13.9 Å². The second-order valence-corrected chi connectivity index (χ2v) is 4.22. The highest BCUT2D eigenvalue weighted by Gasteiger charge is 2.09. The molecular weight excluding hydrogens is 266 g/mol. The van der Waals surface area contributed by atoms with E-state index in [1.54, 1.807) is 0 Å². The molecule has 0 aliphatic rings. The Morgan fingerprint density at radius 2 is 2.28 bits per heavy atom. The van der Waals surface area contributed by atoms with E-state index in [0.29, 0.717) is 5.13 Å². The number of aromatic nitrogens is 1. The van der Waals surface area contributed by atoms with Gasteiger partial charge in [0, 0.05) is 12.3 Å². The maximum absolute atomic E-state index is 11.7. The van der Waals surface area contributed by atoms with E-state index in [2.05, 4.69) is 15.0 Å². The van der Waals surface area contributed by atoms with Crippen molar-refractivity contribution in [1.82, 2.24) is 4.98 Å². The summed E-state index contributed by atoms with van der Waals surface area (Å²) in [7, 11) is 0.